The lowest BCUT2D eigenvalue weighted by atomic mass is 9.82. The van der Waals surface area contributed by atoms with E-state index in [9.17, 15) is 0 Å². The molecule has 0 bridgehead atoms. The summed E-state index contributed by atoms with van der Waals surface area (Å²) in [5.74, 6) is 0.869. The molecule has 1 aromatic heterocycles. The van der Waals surface area contributed by atoms with E-state index < -0.39 is 0 Å². The van der Waals surface area contributed by atoms with Crippen LogP contribution in [0.15, 0.2) is 188 Å². The molecule has 0 saturated carbocycles. The molecule has 7 aromatic carbocycles. The van der Waals surface area contributed by atoms with Crippen molar-refractivity contribution < 1.29 is 0 Å². The molecule has 244 valence electrons. The fourth-order valence-corrected chi connectivity index (χ4v) is 7.65. The maximum absolute atomic E-state index is 5.02. The Balaban J connectivity index is 1.05. The average molecular weight is 656 g/mol. The van der Waals surface area contributed by atoms with E-state index in [1.807, 2.05) is 12.3 Å². The van der Waals surface area contributed by atoms with Gasteiger partial charge in [0.25, 0.3) is 0 Å². The van der Waals surface area contributed by atoms with Crippen LogP contribution in [0.1, 0.15) is 25.0 Å². The van der Waals surface area contributed by atoms with Gasteiger partial charge in [-0.05, 0) is 111 Å². The number of benzene rings is 7. The van der Waals surface area contributed by atoms with E-state index >= 15 is 0 Å². The van der Waals surface area contributed by atoms with Crippen molar-refractivity contribution in [1.29, 1.82) is 0 Å². The van der Waals surface area contributed by atoms with Crippen molar-refractivity contribution in [2.45, 2.75) is 19.3 Å². The fraction of sp³-hybridized carbons (Fsp3) is 0.0625. The summed E-state index contributed by atoms with van der Waals surface area (Å²) in [5.41, 5.74) is 13.0. The van der Waals surface area contributed by atoms with Gasteiger partial charge in [0.1, 0.15) is 5.82 Å². The van der Waals surface area contributed by atoms with Gasteiger partial charge in [0.2, 0.25) is 0 Å². The first kappa shape index (κ1) is 30.6. The van der Waals surface area contributed by atoms with Crippen molar-refractivity contribution >= 4 is 45.0 Å². The molecule has 0 spiro atoms. The van der Waals surface area contributed by atoms with Crippen molar-refractivity contribution in [3.63, 3.8) is 0 Å². The van der Waals surface area contributed by atoms with Crippen LogP contribution >= 0.6 is 0 Å². The number of pyridine rings is 1. The second-order valence-corrected chi connectivity index (χ2v) is 13.7. The Kier molecular flexibility index (Phi) is 7.48. The molecule has 0 unspecified atom stereocenters. The number of rotatable bonds is 7. The average Bonchev–Trinajstić information content (AvgIpc) is 3.42. The normalized spacial score (nSPS) is 12.7. The maximum Gasteiger partial charge on any atom is 0.137 e. The molecule has 0 radical (unpaired) electrons. The van der Waals surface area contributed by atoms with E-state index in [1.54, 1.807) is 0 Å². The molecule has 0 N–H and O–H groups in total. The lowest BCUT2D eigenvalue weighted by Crippen LogP contribution is -2.16. The van der Waals surface area contributed by atoms with Crippen LogP contribution in [0, 0.1) is 0 Å². The van der Waals surface area contributed by atoms with Gasteiger partial charge in [0.05, 0.1) is 0 Å². The zero-order chi connectivity index (χ0) is 34.4. The Morgan fingerprint density at radius 3 is 1.67 bits per heavy atom. The van der Waals surface area contributed by atoms with Crippen LogP contribution < -0.4 is 9.80 Å². The second kappa shape index (κ2) is 12.5. The highest BCUT2D eigenvalue weighted by atomic mass is 15.2. The Morgan fingerprint density at radius 1 is 0.392 bits per heavy atom. The predicted molar refractivity (Wildman–Crippen MR) is 214 cm³/mol. The van der Waals surface area contributed by atoms with Crippen LogP contribution in [0.3, 0.4) is 0 Å². The molecular weight excluding hydrogens is 619 g/mol. The van der Waals surface area contributed by atoms with Gasteiger partial charge in [0.15, 0.2) is 0 Å². The Morgan fingerprint density at radius 2 is 0.941 bits per heavy atom. The highest BCUT2D eigenvalue weighted by molar-refractivity contribution is 5.89. The standard InChI is InChI=1S/C48H37N3/c1-48(2)45-20-12-11-19-43(45)44-29-28-42(32-46(44)48)50(38-15-5-3-6-16-38)40-25-21-35(22-26-40)37-24-30-47(49-33-37)51(39-17-7-4-8-18-39)41-27-23-34-13-9-10-14-36(34)31-41/h3-33H,1-2H3. The van der Waals surface area contributed by atoms with Crippen molar-refractivity contribution in [2.75, 3.05) is 9.80 Å². The minimum Gasteiger partial charge on any atom is -0.310 e. The molecule has 1 aliphatic carbocycles. The molecule has 0 fully saturated rings. The largest absolute Gasteiger partial charge is 0.310 e. The minimum atomic E-state index is -0.0717. The zero-order valence-electron chi connectivity index (χ0n) is 28.7. The van der Waals surface area contributed by atoms with Gasteiger partial charge in [-0.15, -0.1) is 0 Å². The van der Waals surface area contributed by atoms with Crippen LogP contribution in [-0.4, -0.2) is 4.98 Å². The van der Waals surface area contributed by atoms with E-state index in [1.165, 1.54) is 33.0 Å². The summed E-state index contributed by atoms with van der Waals surface area (Å²) in [5, 5.41) is 2.42. The maximum atomic E-state index is 5.02. The number of nitrogens with zero attached hydrogens (tertiary/aromatic N) is 3. The van der Waals surface area contributed by atoms with Crippen molar-refractivity contribution in [3.8, 4) is 22.3 Å². The number of para-hydroxylation sites is 2. The van der Waals surface area contributed by atoms with Gasteiger partial charge in [-0.1, -0.05) is 123 Å². The number of aromatic nitrogens is 1. The number of anilines is 6. The third-order valence-corrected chi connectivity index (χ3v) is 10.3. The van der Waals surface area contributed by atoms with Crippen molar-refractivity contribution in [1.82, 2.24) is 4.98 Å². The van der Waals surface area contributed by atoms with Crippen LogP contribution in [0.2, 0.25) is 0 Å². The molecule has 1 heterocycles. The molecule has 3 heteroatoms. The van der Waals surface area contributed by atoms with E-state index in [4.69, 9.17) is 4.98 Å². The summed E-state index contributed by atoms with van der Waals surface area (Å²) in [6, 6.07) is 65.0. The number of hydrogen-bond donors (Lipinski definition) is 0. The molecule has 1 aliphatic rings. The molecule has 0 aliphatic heterocycles. The quantitative estimate of drug-likeness (QED) is 0.170. The van der Waals surface area contributed by atoms with Gasteiger partial charge >= 0.3 is 0 Å². The van der Waals surface area contributed by atoms with E-state index in [0.717, 1.165) is 45.4 Å². The topological polar surface area (TPSA) is 19.4 Å². The van der Waals surface area contributed by atoms with E-state index in [2.05, 4.69) is 200 Å². The Bertz CT molecular complexity index is 2490. The monoisotopic (exact) mass is 655 g/mol. The smallest absolute Gasteiger partial charge is 0.137 e. The first-order chi connectivity index (χ1) is 25.0. The SMILES string of the molecule is CC1(C)c2ccccc2-c2ccc(N(c3ccccc3)c3ccc(-c4ccc(N(c5ccccc5)c5ccc6ccccc6c5)nc4)cc3)cc21. The third kappa shape index (κ3) is 5.44. The lowest BCUT2D eigenvalue weighted by molar-refractivity contribution is 0.660. The summed E-state index contributed by atoms with van der Waals surface area (Å²) >= 11 is 0. The molecular formula is C48H37N3. The Hall–Kier alpha value is -6.45. The second-order valence-electron chi connectivity index (χ2n) is 13.7. The van der Waals surface area contributed by atoms with Gasteiger partial charge in [-0.3, -0.25) is 4.90 Å². The Labute approximate surface area is 299 Å². The predicted octanol–water partition coefficient (Wildman–Crippen LogP) is 13.1. The minimum absolute atomic E-state index is 0.0717. The molecule has 0 saturated heterocycles. The molecule has 51 heavy (non-hydrogen) atoms. The van der Waals surface area contributed by atoms with Crippen LogP contribution in [0.25, 0.3) is 33.0 Å². The molecule has 0 atom stereocenters. The lowest BCUT2D eigenvalue weighted by Gasteiger charge is -2.28. The number of hydrogen-bond acceptors (Lipinski definition) is 3. The molecule has 8 aromatic rings. The summed E-state index contributed by atoms with van der Waals surface area (Å²) < 4.78 is 0. The van der Waals surface area contributed by atoms with Gasteiger partial charge in [-0.25, -0.2) is 4.98 Å². The summed E-state index contributed by atoms with van der Waals surface area (Å²) in [6.07, 6.45) is 1.98. The van der Waals surface area contributed by atoms with E-state index in [0.29, 0.717) is 0 Å². The first-order valence-electron chi connectivity index (χ1n) is 17.5. The summed E-state index contributed by atoms with van der Waals surface area (Å²) in [6.45, 7) is 4.67. The fourth-order valence-electron chi connectivity index (χ4n) is 7.65. The highest BCUT2D eigenvalue weighted by Crippen LogP contribution is 2.50. The van der Waals surface area contributed by atoms with Crippen LogP contribution in [0.4, 0.5) is 34.3 Å². The first-order valence-corrected chi connectivity index (χ1v) is 17.5. The van der Waals surface area contributed by atoms with Crippen LogP contribution in [-0.2, 0) is 5.41 Å². The molecule has 9 rings (SSSR count). The van der Waals surface area contributed by atoms with Gasteiger partial charge in [-0.2, -0.15) is 0 Å². The highest BCUT2D eigenvalue weighted by Gasteiger charge is 2.35. The summed E-state index contributed by atoms with van der Waals surface area (Å²) in [7, 11) is 0. The molecule has 0 amide bonds. The van der Waals surface area contributed by atoms with Crippen LogP contribution in [0.5, 0.6) is 0 Å². The zero-order valence-corrected chi connectivity index (χ0v) is 28.7. The van der Waals surface area contributed by atoms with E-state index in [-0.39, 0.29) is 5.41 Å². The third-order valence-electron chi connectivity index (χ3n) is 10.3. The van der Waals surface area contributed by atoms with Crippen molar-refractivity contribution in [3.05, 3.63) is 199 Å². The number of fused-ring (bicyclic) bond motifs is 4. The molecule has 3 nitrogen and oxygen atoms in total. The van der Waals surface area contributed by atoms with Gasteiger partial charge in [0, 0.05) is 45.6 Å². The van der Waals surface area contributed by atoms with Crippen molar-refractivity contribution in [2.24, 2.45) is 0 Å². The van der Waals surface area contributed by atoms with Gasteiger partial charge < -0.3 is 4.90 Å². The summed E-state index contributed by atoms with van der Waals surface area (Å²) in [4.78, 5) is 9.59.